The van der Waals surface area contributed by atoms with Crippen LogP contribution in [-0.4, -0.2) is 0 Å². The van der Waals surface area contributed by atoms with E-state index in [0.29, 0.717) is 0 Å². The van der Waals surface area contributed by atoms with Crippen molar-refractivity contribution < 1.29 is 4.42 Å². The zero-order chi connectivity index (χ0) is 32.7. The van der Waals surface area contributed by atoms with Crippen LogP contribution in [-0.2, 0) is 5.41 Å². The van der Waals surface area contributed by atoms with Crippen LogP contribution in [0.15, 0.2) is 168 Å². The van der Waals surface area contributed by atoms with Gasteiger partial charge in [0.1, 0.15) is 11.2 Å². The van der Waals surface area contributed by atoms with Gasteiger partial charge in [0.15, 0.2) is 0 Å². The van der Waals surface area contributed by atoms with E-state index in [1.807, 2.05) is 0 Å². The maximum absolute atomic E-state index is 6.95. The lowest BCUT2D eigenvalue weighted by Crippen LogP contribution is -2.16. The molecular weight excluding hydrogens is 595 g/mol. The minimum Gasteiger partial charge on any atom is -0.455 e. The lowest BCUT2D eigenvalue weighted by atomic mass is 9.82. The summed E-state index contributed by atoms with van der Waals surface area (Å²) >= 11 is 0. The van der Waals surface area contributed by atoms with Crippen molar-refractivity contribution in [3.05, 3.63) is 175 Å². The highest BCUT2D eigenvalue weighted by molar-refractivity contribution is 6.30. The molecule has 0 amide bonds. The highest BCUT2D eigenvalue weighted by Crippen LogP contribution is 2.52. The van der Waals surface area contributed by atoms with Crippen molar-refractivity contribution in [2.75, 3.05) is 4.90 Å². The fourth-order valence-electron chi connectivity index (χ4n) is 8.31. The van der Waals surface area contributed by atoms with Crippen molar-refractivity contribution in [2.45, 2.75) is 19.3 Å². The molecule has 0 N–H and O–H groups in total. The molecule has 0 radical (unpaired) electrons. The van der Waals surface area contributed by atoms with Crippen LogP contribution in [0.2, 0.25) is 0 Å². The summed E-state index contributed by atoms with van der Waals surface area (Å²) < 4.78 is 6.95. The Morgan fingerprint density at radius 2 is 1.06 bits per heavy atom. The minimum atomic E-state index is -0.114. The van der Waals surface area contributed by atoms with Crippen molar-refractivity contribution in [2.24, 2.45) is 0 Å². The average molecular weight is 628 g/mol. The highest BCUT2D eigenvalue weighted by Gasteiger charge is 2.36. The number of hydrogen-bond acceptors (Lipinski definition) is 2. The molecular formula is C47H33NO. The predicted octanol–water partition coefficient (Wildman–Crippen LogP) is 13.3. The van der Waals surface area contributed by atoms with Crippen LogP contribution >= 0.6 is 0 Å². The predicted molar refractivity (Wildman–Crippen MR) is 206 cm³/mol. The molecule has 0 fully saturated rings. The molecule has 0 aliphatic heterocycles. The summed E-state index contributed by atoms with van der Waals surface area (Å²) in [7, 11) is 0. The molecule has 1 heterocycles. The molecule has 0 atom stereocenters. The Bertz CT molecular complexity index is 2740. The standard InChI is InChI=1S/C47H33NO/c1-47(2)41-24-14-13-21-35(41)36-26-25-32(27-42(36)47)48(31-17-7-4-8-18-31)43-29-44-40(28-39(43)30-15-5-3-6-16-30)45-37-22-11-9-19-33(37)34-20-10-12-23-38(34)46(45)49-44/h3-29H,1-2H3. The van der Waals surface area contributed by atoms with Crippen LogP contribution in [0.5, 0.6) is 0 Å². The van der Waals surface area contributed by atoms with Gasteiger partial charge in [0, 0.05) is 44.6 Å². The highest BCUT2D eigenvalue weighted by atomic mass is 16.3. The van der Waals surface area contributed by atoms with E-state index in [9.17, 15) is 0 Å². The van der Waals surface area contributed by atoms with Gasteiger partial charge in [-0.05, 0) is 74.3 Å². The number of para-hydroxylation sites is 1. The SMILES string of the molecule is CC1(C)c2ccccc2-c2ccc(N(c3ccccc3)c3cc4oc5c6ccccc6c6ccccc6c5c4cc3-c3ccccc3)cc21. The lowest BCUT2D eigenvalue weighted by Gasteiger charge is -2.29. The first-order valence-electron chi connectivity index (χ1n) is 17.0. The van der Waals surface area contributed by atoms with Gasteiger partial charge in [0.2, 0.25) is 0 Å². The first-order valence-corrected chi connectivity index (χ1v) is 17.0. The lowest BCUT2D eigenvalue weighted by molar-refractivity contribution is 0.660. The zero-order valence-electron chi connectivity index (χ0n) is 27.4. The zero-order valence-corrected chi connectivity index (χ0v) is 27.4. The van der Waals surface area contributed by atoms with E-state index in [4.69, 9.17) is 4.42 Å². The second-order valence-corrected chi connectivity index (χ2v) is 13.7. The second kappa shape index (κ2) is 10.4. The molecule has 9 aromatic rings. The van der Waals surface area contributed by atoms with Gasteiger partial charge in [0.25, 0.3) is 0 Å². The van der Waals surface area contributed by atoms with E-state index in [-0.39, 0.29) is 5.41 Å². The van der Waals surface area contributed by atoms with E-state index in [0.717, 1.165) is 55.5 Å². The summed E-state index contributed by atoms with van der Waals surface area (Å²) in [6.45, 7) is 4.69. The average Bonchev–Trinajstić information content (AvgIpc) is 3.64. The molecule has 2 heteroatoms. The molecule has 0 bridgehead atoms. The first-order chi connectivity index (χ1) is 24.1. The number of nitrogens with zero attached hydrogens (tertiary/aromatic N) is 1. The Morgan fingerprint density at radius 1 is 0.449 bits per heavy atom. The minimum absolute atomic E-state index is 0.114. The summed E-state index contributed by atoms with van der Waals surface area (Å²) in [5.41, 5.74) is 12.7. The fourth-order valence-corrected chi connectivity index (χ4v) is 8.31. The van der Waals surface area contributed by atoms with Gasteiger partial charge >= 0.3 is 0 Å². The third-order valence-corrected chi connectivity index (χ3v) is 10.6. The summed E-state index contributed by atoms with van der Waals surface area (Å²) in [5.74, 6) is 0. The van der Waals surface area contributed by atoms with E-state index in [2.05, 4.69) is 183 Å². The quantitative estimate of drug-likeness (QED) is 0.181. The molecule has 1 aromatic heterocycles. The monoisotopic (exact) mass is 627 g/mol. The molecule has 49 heavy (non-hydrogen) atoms. The largest absolute Gasteiger partial charge is 0.455 e. The van der Waals surface area contributed by atoms with Crippen LogP contribution in [0, 0.1) is 0 Å². The molecule has 10 rings (SSSR count). The summed E-state index contributed by atoms with van der Waals surface area (Å²) in [4.78, 5) is 2.41. The van der Waals surface area contributed by atoms with Gasteiger partial charge < -0.3 is 9.32 Å². The molecule has 8 aromatic carbocycles. The Kier molecular flexibility index (Phi) is 5.95. The third kappa shape index (κ3) is 4.07. The Hall–Kier alpha value is -6.12. The summed E-state index contributed by atoms with van der Waals surface area (Å²) in [6.07, 6.45) is 0. The molecule has 232 valence electrons. The fraction of sp³-hybridized carbons (Fsp3) is 0.0638. The third-order valence-electron chi connectivity index (χ3n) is 10.6. The molecule has 0 saturated heterocycles. The van der Waals surface area contributed by atoms with E-state index in [1.165, 1.54) is 38.4 Å². The van der Waals surface area contributed by atoms with Crippen molar-refractivity contribution in [3.63, 3.8) is 0 Å². The van der Waals surface area contributed by atoms with Crippen LogP contribution in [0.4, 0.5) is 17.1 Å². The summed E-state index contributed by atoms with van der Waals surface area (Å²) in [5, 5.41) is 7.08. The van der Waals surface area contributed by atoms with Crippen molar-refractivity contribution in [3.8, 4) is 22.3 Å². The number of hydrogen-bond donors (Lipinski definition) is 0. The first kappa shape index (κ1) is 27.9. The Balaban J connectivity index is 1.30. The second-order valence-electron chi connectivity index (χ2n) is 13.7. The number of rotatable bonds is 4. The maximum atomic E-state index is 6.95. The van der Waals surface area contributed by atoms with Crippen molar-refractivity contribution >= 4 is 60.5 Å². The summed E-state index contributed by atoms with van der Waals surface area (Å²) in [6, 6.07) is 59.3. The van der Waals surface area contributed by atoms with Gasteiger partial charge in [-0.2, -0.15) is 0 Å². The number of anilines is 3. The number of benzene rings is 8. The van der Waals surface area contributed by atoms with Crippen molar-refractivity contribution in [1.29, 1.82) is 0 Å². The molecule has 0 spiro atoms. The van der Waals surface area contributed by atoms with Crippen LogP contribution in [0.3, 0.4) is 0 Å². The van der Waals surface area contributed by atoms with Crippen LogP contribution in [0.25, 0.3) is 65.7 Å². The van der Waals surface area contributed by atoms with Crippen LogP contribution < -0.4 is 4.90 Å². The number of fused-ring (bicyclic) bond motifs is 11. The number of furan rings is 1. The van der Waals surface area contributed by atoms with Gasteiger partial charge in [0.05, 0.1) is 5.69 Å². The normalized spacial score (nSPS) is 13.3. The van der Waals surface area contributed by atoms with E-state index >= 15 is 0 Å². The van der Waals surface area contributed by atoms with E-state index < -0.39 is 0 Å². The Labute approximate surface area is 285 Å². The molecule has 2 nitrogen and oxygen atoms in total. The molecule has 0 unspecified atom stereocenters. The van der Waals surface area contributed by atoms with Gasteiger partial charge in [-0.1, -0.05) is 141 Å². The maximum Gasteiger partial charge on any atom is 0.143 e. The molecule has 1 aliphatic rings. The van der Waals surface area contributed by atoms with Gasteiger partial charge in [-0.25, -0.2) is 0 Å². The smallest absolute Gasteiger partial charge is 0.143 e. The molecule has 1 aliphatic carbocycles. The van der Waals surface area contributed by atoms with E-state index in [1.54, 1.807) is 0 Å². The topological polar surface area (TPSA) is 16.4 Å². The van der Waals surface area contributed by atoms with Crippen molar-refractivity contribution in [1.82, 2.24) is 0 Å². The Morgan fingerprint density at radius 3 is 1.84 bits per heavy atom. The molecule has 0 saturated carbocycles. The van der Waals surface area contributed by atoms with Gasteiger partial charge in [-0.3, -0.25) is 0 Å². The van der Waals surface area contributed by atoms with Crippen LogP contribution in [0.1, 0.15) is 25.0 Å². The van der Waals surface area contributed by atoms with Gasteiger partial charge in [-0.15, -0.1) is 0 Å².